The van der Waals surface area contributed by atoms with Crippen LogP contribution in [0.1, 0.15) is 12.5 Å². The predicted molar refractivity (Wildman–Crippen MR) is 56.9 cm³/mol. The molecule has 0 radical (unpaired) electrons. The van der Waals surface area contributed by atoms with Gasteiger partial charge < -0.3 is 10.8 Å². The summed E-state index contributed by atoms with van der Waals surface area (Å²) in [6, 6.07) is 3.93. The number of sulfone groups is 1. The van der Waals surface area contributed by atoms with E-state index in [0.717, 1.165) is 0 Å². The summed E-state index contributed by atoms with van der Waals surface area (Å²) >= 11 is 0. The molecule has 15 heavy (non-hydrogen) atoms. The Labute approximate surface area is 88.0 Å². The molecule has 1 aliphatic heterocycles. The molecule has 0 saturated carbocycles. The lowest BCUT2D eigenvalue weighted by molar-refractivity contribution is 0.473. The molecule has 1 atom stereocenters. The number of hydrogen-bond acceptors (Lipinski definition) is 4. The summed E-state index contributed by atoms with van der Waals surface area (Å²) in [7, 11) is -3.42. The molecular weight excluding hydrogens is 214 g/mol. The molecule has 80 valence electrons. The van der Waals surface area contributed by atoms with Crippen LogP contribution in [0.4, 0.5) is 0 Å². The van der Waals surface area contributed by atoms with E-state index in [1.54, 1.807) is 13.0 Å². The van der Waals surface area contributed by atoms with Crippen LogP contribution in [0.2, 0.25) is 0 Å². The number of aromatic hydroxyl groups is 1. The van der Waals surface area contributed by atoms with Crippen molar-refractivity contribution in [3.8, 4) is 5.75 Å². The first-order valence-corrected chi connectivity index (χ1v) is 6.02. The van der Waals surface area contributed by atoms with Crippen molar-refractivity contribution in [3.63, 3.8) is 0 Å². The Balaban J connectivity index is 2.73. The van der Waals surface area contributed by atoms with Gasteiger partial charge in [-0.3, -0.25) is 0 Å². The molecule has 5 heteroatoms. The van der Waals surface area contributed by atoms with Crippen molar-refractivity contribution in [2.24, 2.45) is 5.73 Å². The van der Waals surface area contributed by atoms with E-state index in [1.165, 1.54) is 17.5 Å². The third-order valence-electron chi connectivity index (χ3n) is 2.36. The fourth-order valence-corrected chi connectivity index (χ4v) is 3.21. The van der Waals surface area contributed by atoms with E-state index >= 15 is 0 Å². The lowest BCUT2D eigenvalue weighted by Gasteiger charge is -2.07. The summed E-state index contributed by atoms with van der Waals surface area (Å²) in [6.07, 6.45) is 0. The lowest BCUT2D eigenvalue weighted by Crippen LogP contribution is -2.15. The highest BCUT2D eigenvalue weighted by molar-refractivity contribution is 7.95. The minimum atomic E-state index is -3.42. The van der Waals surface area contributed by atoms with Gasteiger partial charge in [0.25, 0.3) is 0 Å². The molecule has 0 fully saturated rings. The molecule has 1 heterocycles. The molecule has 0 aliphatic carbocycles. The largest absolute Gasteiger partial charge is 0.508 e. The normalized spacial score (nSPS) is 19.5. The van der Waals surface area contributed by atoms with Crippen LogP contribution >= 0.6 is 0 Å². The van der Waals surface area contributed by atoms with Gasteiger partial charge in [-0.15, -0.1) is 0 Å². The Hall–Kier alpha value is -1.33. The van der Waals surface area contributed by atoms with Crippen LogP contribution in [0.15, 0.2) is 28.5 Å². The fraction of sp³-hybridized carbons (Fsp3) is 0.200. The Morgan fingerprint density at radius 3 is 2.67 bits per heavy atom. The minimum Gasteiger partial charge on any atom is -0.508 e. The average molecular weight is 225 g/mol. The maximum Gasteiger partial charge on any atom is 0.200 e. The molecular formula is C10H11NO3S. The highest BCUT2D eigenvalue weighted by Crippen LogP contribution is 2.36. The first kappa shape index (κ1) is 10.2. The second-order valence-electron chi connectivity index (χ2n) is 3.59. The molecule has 3 N–H and O–H groups in total. The molecule has 4 nitrogen and oxygen atoms in total. The Morgan fingerprint density at radius 2 is 2.07 bits per heavy atom. The summed E-state index contributed by atoms with van der Waals surface area (Å²) in [5.41, 5.74) is 6.85. The molecule has 1 aromatic rings. The predicted octanol–water partition coefficient (Wildman–Crippen LogP) is 0.868. The van der Waals surface area contributed by atoms with E-state index < -0.39 is 9.84 Å². The Morgan fingerprint density at radius 1 is 1.40 bits per heavy atom. The number of nitrogens with two attached hydrogens (primary N) is 1. The average Bonchev–Trinajstić information content (AvgIpc) is 2.39. The summed E-state index contributed by atoms with van der Waals surface area (Å²) in [4.78, 5) is 0.134. The summed E-state index contributed by atoms with van der Waals surface area (Å²) < 4.78 is 23.4. The zero-order valence-corrected chi connectivity index (χ0v) is 8.95. The first-order chi connectivity index (χ1) is 6.92. The minimum absolute atomic E-state index is 0.0587. The summed E-state index contributed by atoms with van der Waals surface area (Å²) in [5.74, 6) is -0.0587. The number of phenolic OH excluding ortho intramolecular Hbond substituents is 1. The first-order valence-electron chi connectivity index (χ1n) is 4.47. The molecule has 0 aromatic heterocycles. The number of benzene rings is 1. The SMILES string of the molecule is CC(N)C1=CS(=O)(=O)c2cc(O)ccc21. The van der Waals surface area contributed by atoms with Gasteiger partial charge in [-0.05, 0) is 36.3 Å². The van der Waals surface area contributed by atoms with Gasteiger partial charge in [0.15, 0.2) is 0 Å². The van der Waals surface area contributed by atoms with Crippen LogP contribution in [-0.2, 0) is 9.84 Å². The molecule has 0 spiro atoms. The van der Waals surface area contributed by atoms with Gasteiger partial charge in [-0.25, -0.2) is 8.42 Å². The summed E-state index contributed by atoms with van der Waals surface area (Å²) in [5, 5.41) is 10.4. The van der Waals surface area contributed by atoms with E-state index in [9.17, 15) is 13.5 Å². The van der Waals surface area contributed by atoms with Gasteiger partial charge in [0.05, 0.1) is 4.90 Å². The molecule has 0 saturated heterocycles. The standard InChI is InChI=1S/C10H11NO3S/c1-6(11)9-5-15(13,14)10-4-7(12)2-3-8(9)10/h2-6,12H,11H2,1H3. The van der Waals surface area contributed by atoms with Crippen molar-refractivity contribution in [2.75, 3.05) is 0 Å². The van der Waals surface area contributed by atoms with E-state index in [2.05, 4.69) is 0 Å². The van der Waals surface area contributed by atoms with E-state index in [4.69, 9.17) is 5.73 Å². The van der Waals surface area contributed by atoms with Crippen LogP contribution in [0, 0.1) is 0 Å². The number of phenols is 1. The number of rotatable bonds is 1. The second-order valence-corrected chi connectivity index (χ2v) is 5.35. The van der Waals surface area contributed by atoms with Gasteiger partial charge in [-0.1, -0.05) is 0 Å². The third kappa shape index (κ3) is 1.53. The van der Waals surface area contributed by atoms with Crippen molar-refractivity contribution in [1.29, 1.82) is 0 Å². The van der Waals surface area contributed by atoms with Gasteiger partial charge in [0.1, 0.15) is 5.75 Å². The van der Waals surface area contributed by atoms with E-state index in [1.807, 2.05) is 0 Å². The topological polar surface area (TPSA) is 80.4 Å². The molecule has 0 amide bonds. The maximum absolute atomic E-state index is 11.7. The maximum atomic E-state index is 11.7. The summed E-state index contributed by atoms with van der Waals surface area (Å²) in [6.45, 7) is 1.73. The Bertz CT molecular complexity index is 544. The molecule has 1 aromatic carbocycles. The fourth-order valence-electron chi connectivity index (χ4n) is 1.63. The highest BCUT2D eigenvalue weighted by Gasteiger charge is 2.28. The van der Waals surface area contributed by atoms with Crippen LogP contribution in [0.25, 0.3) is 5.57 Å². The van der Waals surface area contributed by atoms with Crippen LogP contribution in [0.3, 0.4) is 0 Å². The molecule has 1 unspecified atom stereocenters. The molecule has 2 rings (SSSR count). The van der Waals surface area contributed by atoms with Crippen molar-refractivity contribution in [1.82, 2.24) is 0 Å². The quantitative estimate of drug-likeness (QED) is 0.743. The molecule has 0 bridgehead atoms. The zero-order valence-electron chi connectivity index (χ0n) is 8.14. The van der Waals surface area contributed by atoms with Gasteiger partial charge >= 0.3 is 0 Å². The van der Waals surface area contributed by atoms with E-state index in [-0.39, 0.29) is 16.7 Å². The number of fused-ring (bicyclic) bond motifs is 1. The van der Waals surface area contributed by atoms with Gasteiger partial charge in [0.2, 0.25) is 9.84 Å². The smallest absolute Gasteiger partial charge is 0.200 e. The van der Waals surface area contributed by atoms with Crippen molar-refractivity contribution in [3.05, 3.63) is 29.2 Å². The number of hydrogen-bond donors (Lipinski definition) is 2. The van der Waals surface area contributed by atoms with Gasteiger partial charge in [-0.2, -0.15) is 0 Å². The van der Waals surface area contributed by atoms with Gasteiger partial charge in [0, 0.05) is 11.4 Å². The van der Waals surface area contributed by atoms with E-state index in [0.29, 0.717) is 11.1 Å². The van der Waals surface area contributed by atoms with Crippen LogP contribution in [0.5, 0.6) is 5.75 Å². The Kier molecular flexibility index (Phi) is 2.09. The van der Waals surface area contributed by atoms with Crippen LogP contribution in [-0.4, -0.2) is 19.6 Å². The highest BCUT2D eigenvalue weighted by atomic mass is 32.2. The third-order valence-corrected chi connectivity index (χ3v) is 3.87. The monoisotopic (exact) mass is 225 g/mol. The van der Waals surface area contributed by atoms with Crippen molar-refractivity contribution >= 4 is 15.4 Å². The van der Waals surface area contributed by atoms with Crippen molar-refractivity contribution < 1.29 is 13.5 Å². The van der Waals surface area contributed by atoms with Crippen LogP contribution < -0.4 is 5.73 Å². The second kappa shape index (κ2) is 3.08. The molecule has 1 aliphatic rings. The van der Waals surface area contributed by atoms with Crippen molar-refractivity contribution in [2.45, 2.75) is 17.9 Å². The zero-order chi connectivity index (χ0) is 11.2. The lowest BCUT2D eigenvalue weighted by atomic mass is 10.0.